The van der Waals surface area contributed by atoms with Gasteiger partial charge in [0.25, 0.3) is 0 Å². The molecule has 3 N–H and O–H groups in total. The fraction of sp³-hybridized carbons (Fsp3) is 0.286. The highest BCUT2D eigenvalue weighted by Crippen LogP contribution is 2.18. The smallest absolute Gasteiger partial charge is 0.315 e. The van der Waals surface area contributed by atoms with Crippen LogP contribution in [-0.2, 0) is 6.54 Å². The lowest BCUT2D eigenvalue weighted by Gasteiger charge is -2.03. The molecule has 0 aliphatic heterocycles. The molecule has 6 nitrogen and oxygen atoms in total. The second kappa shape index (κ2) is 6.72. The third-order valence-corrected chi connectivity index (χ3v) is 2.68. The normalized spacial score (nSPS) is 10.3. The Hall–Kier alpha value is -2.34. The van der Waals surface area contributed by atoms with Gasteiger partial charge in [-0.3, -0.25) is 0 Å². The largest absolute Gasteiger partial charge is 0.444 e. The highest BCUT2D eigenvalue weighted by atomic mass is 16.3. The number of oxazole rings is 1. The summed E-state index contributed by atoms with van der Waals surface area (Å²) in [4.78, 5) is 15.6. The molecule has 1 heterocycles. The van der Waals surface area contributed by atoms with E-state index in [0.717, 1.165) is 5.56 Å². The van der Waals surface area contributed by atoms with Gasteiger partial charge in [0.1, 0.15) is 6.26 Å². The molecule has 20 heavy (non-hydrogen) atoms. The van der Waals surface area contributed by atoms with Crippen LogP contribution in [-0.4, -0.2) is 29.3 Å². The van der Waals surface area contributed by atoms with Crippen LogP contribution >= 0.6 is 0 Å². The van der Waals surface area contributed by atoms with Gasteiger partial charge in [-0.1, -0.05) is 17.7 Å². The van der Waals surface area contributed by atoms with Crippen LogP contribution in [0.2, 0.25) is 0 Å². The molecule has 0 bridgehead atoms. The third kappa shape index (κ3) is 3.83. The number of carbonyl (C=O) groups is 1. The zero-order valence-corrected chi connectivity index (χ0v) is 11.2. The fourth-order valence-corrected chi connectivity index (χ4v) is 1.62. The van der Waals surface area contributed by atoms with E-state index in [1.165, 1.54) is 11.8 Å². The van der Waals surface area contributed by atoms with E-state index in [4.69, 9.17) is 9.52 Å². The summed E-state index contributed by atoms with van der Waals surface area (Å²) in [6.45, 7) is 2.42. The lowest BCUT2D eigenvalue weighted by molar-refractivity contribution is 0.234. The first-order valence-corrected chi connectivity index (χ1v) is 6.33. The minimum absolute atomic E-state index is 0.0883. The molecule has 0 spiro atoms. The van der Waals surface area contributed by atoms with Crippen LogP contribution in [0.25, 0.3) is 11.5 Å². The van der Waals surface area contributed by atoms with Gasteiger partial charge in [0.2, 0.25) is 5.89 Å². The fourth-order valence-electron chi connectivity index (χ4n) is 1.62. The zero-order chi connectivity index (χ0) is 14.4. The predicted octanol–water partition coefficient (Wildman–Crippen LogP) is 1.44. The van der Waals surface area contributed by atoms with Crippen molar-refractivity contribution in [2.75, 3.05) is 13.2 Å². The highest BCUT2D eigenvalue weighted by Gasteiger charge is 2.07. The lowest BCUT2D eigenvalue weighted by Crippen LogP contribution is -2.36. The van der Waals surface area contributed by atoms with Gasteiger partial charge >= 0.3 is 6.03 Å². The Morgan fingerprint density at radius 1 is 1.30 bits per heavy atom. The summed E-state index contributed by atoms with van der Waals surface area (Å²) in [5.41, 5.74) is 2.70. The van der Waals surface area contributed by atoms with Crippen molar-refractivity contribution >= 4 is 6.03 Å². The number of urea groups is 1. The summed E-state index contributed by atoms with van der Waals surface area (Å²) in [5.74, 6) is 0.526. The summed E-state index contributed by atoms with van der Waals surface area (Å²) in [6.07, 6.45) is 1.52. The summed E-state index contributed by atoms with van der Waals surface area (Å²) in [7, 11) is 0. The maximum absolute atomic E-state index is 11.3. The van der Waals surface area contributed by atoms with E-state index in [2.05, 4.69) is 15.6 Å². The molecule has 1 aromatic carbocycles. The molecule has 0 fully saturated rings. The van der Waals surface area contributed by atoms with Gasteiger partial charge in [0.05, 0.1) is 18.8 Å². The molecule has 1 aromatic heterocycles. The molecule has 0 aliphatic rings. The minimum Gasteiger partial charge on any atom is -0.444 e. The number of rotatable bonds is 5. The second-order valence-electron chi connectivity index (χ2n) is 4.34. The molecular formula is C14H17N3O3. The van der Waals surface area contributed by atoms with Crippen molar-refractivity contribution in [3.05, 3.63) is 41.8 Å². The SMILES string of the molecule is Cc1ccc(-c2nc(CNC(=O)NCCO)co2)cc1. The van der Waals surface area contributed by atoms with E-state index >= 15 is 0 Å². The molecule has 0 radical (unpaired) electrons. The summed E-state index contributed by atoms with van der Waals surface area (Å²) in [5, 5.41) is 13.7. The molecule has 0 saturated heterocycles. The average Bonchev–Trinajstić information content (AvgIpc) is 2.92. The van der Waals surface area contributed by atoms with Crippen LogP contribution in [0.4, 0.5) is 4.79 Å². The van der Waals surface area contributed by atoms with Crippen molar-refractivity contribution in [3.8, 4) is 11.5 Å². The minimum atomic E-state index is -0.348. The highest BCUT2D eigenvalue weighted by molar-refractivity contribution is 5.73. The Labute approximate surface area is 116 Å². The van der Waals surface area contributed by atoms with E-state index in [9.17, 15) is 4.79 Å². The molecule has 0 saturated carbocycles. The Morgan fingerprint density at radius 2 is 2.05 bits per heavy atom. The molecule has 0 atom stereocenters. The van der Waals surface area contributed by atoms with Crippen LogP contribution in [0.15, 0.2) is 34.9 Å². The zero-order valence-electron chi connectivity index (χ0n) is 11.2. The number of nitrogens with zero attached hydrogens (tertiary/aromatic N) is 1. The average molecular weight is 275 g/mol. The Balaban J connectivity index is 1.92. The third-order valence-electron chi connectivity index (χ3n) is 2.68. The monoisotopic (exact) mass is 275 g/mol. The van der Waals surface area contributed by atoms with E-state index in [0.29, 0.717) is 11.6 Å². The van der Waals surface area contributed by atoms with E-state index in [1.54, 1.807) is 0 Å². The maximum Gasteiger partial charge on any atom is 0.315 e. The number of aliphatic hydroxyl groups excluding tert-OH is 1. The van der Waals surface area contributed by atoms with Gasteiger partial charge < -0.3 is 20.2 Å². The van der Waals surface area contributed by atoms with Gasteiger partial charge in [0.15, 0.2) is 0 Å². The molecule has 0 unspecified atom stereocenters. The quantitative estimate of drug-likeness (QED) is 0.770. The first kappa shape index (κ1) is 14.1. The van der Waals surface area contributed by atoms with E-state index in [1.807, 2.05) is 31.2 Å². The van der Waals surface area contributed by atoms with Crippen molar-refractivity contribution in [1.29, 1.82) is 0 Å². The number of aryl methyl sites for hydroxylation is 1. The predicted molar refractivity (Wildman–Crippen MR) is 74.0 cm³/mol. The molecule has 2 amide bonds. The van der Waals surface area contributed by atoms with Gasteiger partial charge in [-0.05, 0) is 19.1 Å². The van der Waals surface area contributed by atoms with Crippen molar-refractivity contribution < 1.29 is 14.3 Å². The number of hydrogen-bond acceptors (Lipinski definition) is 4. The molecule has 2 rings (SSSR count). The standard InChI is InChI=1S/C14H17N3O3/c1-10-2-4-11(5-3-10)13-17-12(9-20-13)8-16-14(19)15-6-7-18/h2-5,9,18H,6-8H2,1H3,(H2,15,16,19). The number of benzene rings is 1. The van der Waals surface area contributed by atoms with E-state index < -0.39 is 0 Å². The second-order valence-corrected chi connectivity index (χ2v) is 4.34. The molecule has 0 aliphatic carbocycles. The maximum atomic E-state index is 11.3. The van der Waals surface area contributed by atoms with Crippen molar-refractivity contribution in [2.45, 2.75) is 13.5 Å². The topological polar surface area (TPSA) is 87.4 Å². The number of nitrogens with one attached hydrogen (secondary N) is 2. The van der Waals surface area contributed by atoms with Gasteiger partial charge in [-0.15, -0.1) is 0 Å². The number of hydrogen-bond donors (Lipinski definition) is 3. The van der Waals surface area contributed by atoms with Crippen LogP contribution in [0.3, 0.4) is 0 Å². The summed E-state index contributed by atoms with van der Waals surface area (Å²) < 4.78 is 5.38. The number of amides is 2. The number of aliphatic hydroxyl groups is 1. The van der Waals surface area contributed by atoms with Crippen molar-refractivity contribution in [3.63, 3.8) is 0 Å². The molecular weight excluding hydrogens is 258 g/mol. The van der Waals surface area contributed by atoms with Crippen LogP contribution in [0.1, 0.15) is 11.3 Å². The van der Waals surface area contributed by atoms with Gasteiger partial charge in [-0.25, -0.2) is 9.78 Å². The van der Waals surface area contributed by atoms with Gasteiger partial charge in [-0.2, -0.15) is 0 Å². The molecule has 6 heteroatoms. The number of aromatic nitrogens is 1. The lowest BCUT2D eigenvalue weighted by atomic mass is 10.1. The van der Waals surface area contributed by atoms with Crippen LogP contribution < -0.4 is 10.6 Å². The Morgan fingerprint density at radius 3 is 2.75 bits per heavy atom. The first-order valence-electron chi connectivity index (χ1n) is 6.33. The Bertz CT molecular complexity index is 563. The van der Waals surface area contributed by atoms with Crippen molar-refractivity contribution in [2.24, 2.45) is 0 Å². The van der Waals surface area contributed by atoms with Gasteiger partial charge in [0, 0.05) is 12.1 Å². The van der Waals surface area contributed by atoms with E-state index in [-0.39, 0.29) is 25.7 Å². The summed E-state index contributed by atoms with van der Waals surface area (Å²) >= 11 is 0. The first-order chi connectivity index (χ1) is 9.69. The van der Waals surface area contributed by atoms with Crippen LogP contribution in [0.5, 0.6) is 0 Å². The molecule has 2 aromatic rings. The Kier molecular flexibility index (Phi) is 4.73. The van der Waals surface area contributed by atoms with Crippen molar-refractivity contribution in [1.82, 2.24) is 15.6 Å². The number of carbonyl (C=O) groups excluding carboxylic acids is 1. The summed E-state index contributed by atoms with van der Waals surface area (Å²) in [6, 6.07) is 7.50. The van der Waals surface area contributed by atoms with Crippen LogP contribution in [0, 0.1) is 6.92 Å². The molecule has 106 valence electrons.